The molecule has 0 atom stereocenters. The van der Waals surface area contributed by atoms with E-state index in [-0.39, 0.29) is 11.5 Å². The van der Waals surface area contributed by atoms with Gasteiger partial charge in [-0.2, -0.15) is 0 Å². The Morgan fingerprint density at radius 3 is 2.33 bits per heavy atom. The molecule has 0 fully saturated rings. The number of rotatable bonds is 5. The van der Waals surface area contributed by atoms with Crippen LogP contribution in [0.25, 0.3) is 17.4 Å². The van der Waals surface area contributed by atoms with E-state index in [1.165, 1.54) is 18.2 Å². The third kappa shape index (κ3) is 3.47. The highest BCUT2D eigenvalue weighted by molar-refractivity contribution is 6.06. The van der Waals surface area contributed by atoms with Crippen LogP contribution < -0.4 is 0 Å². The molecular weight excluding hydrogens is 306 g/mol. The van der Waals surface area contributed by atoms with Crippen LogP contribution in [0.1, 0.15) is 16.1 Å². The molecule has 118 valence electrons. The highest BCUT2D eigenvalue weighted by Gasteiger charge is 2.08. The van der Waals surface area contributed by atoms with Crippen LogP contribution in [0.4, 0.5) is 5.69 Å². The maximum Gasteiger partial charge on any atom is 0.269 e. The molecule has 0 radical (unpaired) electrons. The van der Waals surface area contributed by atoms with Gasteiger partial charge in [-0.05, 0) is 36.4 Å². The average Bonchev–Trinajstić information content (AvgIpc) is 3.09. The maximum absolute atomic E-state index is 12.0. The zero-order valence-electron chi connectivity index (χ0n) is 12.6. The minimum atomic E-state index is -0.449. The minimum absolute atomic E-state index is 0.0267. The highest BCUT2D eigenvalue weighted by Crippen LogP contribution is 2.25. The second kappa shape index (κ2) is 6.75. The van der Waals surface area contributed by atoms with Crippen molar-refractivity contribution in [3.8, 4) is 11.3 Å². The Bertz CT molecular complexity index is 893. The fourth-order valence-electron chi connectivity index (χ4n) is 2.20. The summed E-state index contributed by atoms with van der Waals surface area (Å²) in [4.78, 5) is 22.2. The van der Waals surface area contributed by atoms with Crippen LogP contribution in [0, 0.1) is 10.1 Å². The van der Waals surface area contributed by atoms with Crippen LogP contribution in [0.5, 0.6) is 0 Å². The van der Waals surface area contributed by atoms with Gasteiger partial charge < -0.3 is 4.42 Å². The van der Waals surface area contributed by atoms with Gasteiger partial charge in [0.25, 0.3) is 5.69 Å². The predicted octanol–water partition coefficient (Wildman–Crippen LogP) is 4.75. The Morgan fingerprint density at radius 1 is 0.958 bits per heavy atom. The zero-order chi connectivity index (χ0) is 16.9. The molecule has 0 N–H and O–H groups in total. The summed E-state index contributed by atoms with van der Waals surface area (Å²) in [5.74, 6) is 1.01. The summed E-state index contributed by atoms with van der Waals surface area (Å²) in [6.07, 6.45) is 3.05. The number of hydrogen-bond donors (Lipinski definition) is 0. The third-order valence-electron chi connectivity index (χ3n) is 3.45. The lowest BCUT2D eigenvalue weighted by Crippen LogP contribution is -1.92. The van der Waals surface area contributed by atoms with Crippen molar-refractivity contribution in [3.05, 3.63) is 94.2 Å². The van der Waals surface area contributed by atoms with Gasteiger partial charge >= 0.3 is 0 Å². The van der Waals surface area contributed by atoms with E-state index in [1.54, 1.807) is 54.6 Å². The molecule has 0 saturated carbocycles. The van der Waals surface area contributed by atoms with Gasteiger partial charge in [-0.1, -0.05) is 30.3 Å². The first-order valence-electron chi connectivity index (χ1n) is 7.25. The van der Waals surface area contributed by atoms with E-state index in [0.717, 1.165) is 5.56 Å². The van der Waals surface area contributed by atoms with Crippen LogP contribution in [-0.2, 0) is 0 Å². The topological polar surface area (TPSA) is 73.3 Å². The highest BCUT2D eigenvalue weighted by atomic mass is 16.6. The van der Waals surface area contributed by atoms with Crippen LogP contribution >= 0.6 is 0 Å². The number of nitro groups is 1. The predicted molar refractivity (Wildman–Crippen MR) is 90.6 cm³/mol. The number of carbonyl (C=O) groups is 1. The summed E-state index contributed by atoms with van der Waals surface area (Å²) < 4.78 is 5.65. The number of nitrogens with zero attached hydrogens (tertiary/aromatic N) is 1. The molecule has 3 rings (SSSR count). The summed E-state index contributed by atoms with van der Waals surface area (Å²) in [5.41, 5.74) is 1.37. The maximum atomic E-state index is 12.0. The molecule has 0 aliphatic carbocycles. The second-order valence-electron chi connectivity index (χ2n) is 5.07. The number of hydrogen-bond acceptors (Lipinski definition) is 4. The Morgan fingerprint density at radius 2 is 1.67 bits per heavy atom. The summed E-state index contributed by atoms with van der Waals surface area (Å²) in [5, 5.41) is 10.7. The number of furan rings is 1. The molecule has 0 bridgehead atoms. The minimum Gasteiger partial charge on any atom is -0.457 e. The SMILES string of the molecule is O=C(/C=C/c1ccc(-c2ccc([N+](=O)[O-])cc2)o1)c1ccccc1. The van der Waals surface area contributed by atoms with Crippen molar-refractivity contribution in [1.29, 1.82) is 0 Å². The van der Waals surface area contributed by atoms with E-state index in [1.807, 2.05) is 6.07 Å². The molecule has 24 heavy (non-hydrogen) atoms. The summed E-state index contributed by atoms with van der Waals surface area (Å²) in [6, 6.07) is 18.6. The molecule has 1 heterocycles. The quantitative estimate of drug-likeness (QED) is 0.294. The van der Waals surface area contributed by atoms with Crippen molar-refractivity contribution in [3.63, 3.8) is 0 Å². The van der Waals surface area contributed by atoms with Crippen molar-refractivity contribution < 1.29 is 14.1 Å². The molecule has 0 amide bonds. The lowest BCUT2D eigenvalue weighted by atomic mass is 10.1. The molecule has 0 aliphatic heterocycles. The van der Waals surface area contributed by atoms with E-state index >= 15 is 0 Å². The molecule has 0 unspecified atom stereocenters. The first kappa shape index (κ1) is 15.4. The van der Waals surface area contributed by atoms with Gasteiger partial charge in [0.15, 0.2) is 5.78 Å². The van der Waals surface area contributed by atoms with E-state index in [2.05, 4.69) is 0 Å². The lowest BCUT2D eigenvalue weighted by Gasteiger charge is -1.96. The van der Waals surface area contributed by atoms with Gasteiger partial charge in [-0.25, -0.2) is 0 Å². The van der Waals surface area contributed by atoms with Crippen LogP contribution in [0.3, 0.4) is 0 Å². The standard InChI is InChI=1S/C19H13NO4/c21-18(14-4-2-1-3-5-14)12-10-17-11-13-19(24-17)15-6-8-16(9-7-15)20(22)23/h1-13H/b12-10+. The normalized spacial score (nSPS) is 10.8. The van der Waals surface area contributed by atoms with Crippen LogP contribution in [-0.4, -0.2) is 10.7 Å². The monoisotopic (exact) mass is 319 g/mol. The fourth-order valence-corrected chi connectivity index (χ4v) is 2.20. The number of carbonyl (C=O) groups excluding carboxylic acids is 1. The Kier molecular flexibility index (Phi) is 4.34. The molecular formula is C19H13NO4. The average molecular weight is 319 g/mol. The number of ketones is 1. The zero-order valence-corrected chi connectivity index (χ0v) is 12.6. The lowest BCUT2D eigenvalue weighted by molar-refractivity contribution is -0.384. The van der Waals surface area contributed by atoms with E-state index in [0.29, 0.717) is 17.1 Å². The molecule has 1 aromatic heterocycles. The number of benzene rings is 2. The van der Waals surface area contributed by atoms with Crippen LogP contribution in [0.15, 0.2) is 77.2 Å². The van der Waals surface area contributed by atoms with Crippen molar-refractivity contribution >= 4 is 17.5 Å². The molecule has 5 nitrogen and oxygen atoms in total. The molecule has 3 aromatic rings. The summed E-state index contributed by atoms with van der Waals surface area (Å²) in [7, 11) is 0. The largest absolute Gasteiger partial charge is 0.457 e. The molecule has 0 spiro atoms. The second-order valence-corrected chi connectivity index (χ2v) is 5.07. The molecule has 2 aromatic carbocycles. The van der Waals surface area contributed by atoms with Crippen LogP contribution in [0.2, 0.25) is 0 Å². The van der Waals surface area contributed by atoms with E-state index in [9.17, 15) is 14.9 Å². The third-order valence-corrected chi connectivity index (χ3v) is 3.45. The number of non-ortho nitro benzene ring substituents is 1. The van der Waals surface area contributed by atoms with E-state index in [4.69, 9.17) is 4.42 Å². The van der Waals surface area contributed by atoms with Gasteiger partial charge in [0.1, 0.15) is 11.5 Å². The smallest absolute Gasteiger partial charge is 0.269 e. The molecule has 0 saturated heterocycles. The van der Waals surface area contributed by atoms with Crippen molar-refractivity contribution in [2.75, 3.05) is 0 Å². The summed E-state index contributed by atoms with van der Waals surface area (Å²) in [6.45, 7) is 0. The summed E-state index contributed by atoms with van der Waals surface area (Å²) >= 11 is 0. The van der Waals surface area contributed by atoms with Gasteiger partial charge in [-0.15, -0.1) is 0 Å². The van der Waals surface area contributed by atoms with Gasteiger partial charge in [0.2, 0.25) is 0 Å². The van der Waals surface area contributed by atoms with Gasteiger partial charge in [-0.3, -0.25) is 14.9 Å². The first-order chi connectivity index (χ1) is 11.6. The first-order valence-corrected chi connectivity index (χ1v) is 7.25. The Labute approximate surface area is 138 Å². The van der Waals surface area contributed by atoms with Crippen molar-refractivity contribution in [1.82, 2.24) is 0 Å². The molecule has 0 aliphatic rings. The molecule has 5 heteroatoms. The Balaban J connectivity index is 1.74. The van der Waals surface area contributed by atoms with Crippen molar-refractivity contribution in [2.45, 2.75) is 0 Å². The fraction of sp³-hybridized carbons (Fsp3) is 0. The van der Waals surface area contributed by atoms with Crippen molar-refractivity contribution in [2.24, 2.45) is 0 Å². The number of allylic oxidation sites excluding steroid dienone is 1. The van der Waals surface area contributed by atoms with E-state index < -0.39 is 4.92 Å². The van der Waals surface area contributed by atoms with Gasteiger partial charge in [0.05, 0.1) is 4.92 Å². The Hall–Kier alpha value is -3.47. The van der Waals surface area contributed by atoms with Gasteiger partial charge in [0, 0.05) is 23.3 Å². The number of nitro benzene ring substituents is 1.